The van der Waals surface area contributed by atoms with Crippen LogP contribution >= 0.6 is 0 Å². The molecule has 0 spiro atoms. The minimum absolute atomic E-state index is 0.0168. The van der Waals surface area contributed by atoms with E-state index in [0.717, 1.165) is 22.3 Å². The number of fused-ring (bicyclic) bond motifs is 1. The SMILES string of the molecule is Cc1ccccc1CN(C(=O)CCc1cccc2ccccc12)C(Cc1ccccc1)C(=O)NC(C)C. The molecule has 1 N–H and O–H groups in total. The molecule has 0 radical (unpaired) electrons. The third-order valence-corrected chi connectivity index (χ3v) is 6.79. The molecule has 1 atom stereocenters. The summed E-state index contributed by atoms with van der Waals surface area (Å²) in [5.41, 5.74) is 4.34. The molecule has 0 saturated heterocycles. The summed E-state index contributed by atoms with van der Waals surface area (Å²) in [4.78, 5) is 29.2. The van der Waals surface area contributed by atoms with Gasteiger partial charge in [0.15, 0.2) is 0 Å². The first-order chi connectivity index (χ1) is 17.9. The maximum absolute atomic E-state index is 13.9. The Morgan fingerprint density at radius 3 is 2.19 bits per heavy atom. The van der Waals surface area contributed by atoms with E-state index in [2.05, 4.69) is 42.6 Å². The Kier molecular flexibility index (Phi) is 8.73. The Bertz CT molecular complexity index is 1340. The van der Waals surface area contributed by atoms with Gasteiger partial charge in [-0.1, -0.05) is 97.1 Å². The van der Waals surface area contributed by atoms with Crippen LogP contribution in [-0.2, 0) is 29.0 Å². The highest BCUT2D eigenvalue weighted by atomic mass is 16.2. The number of carbonyl (C=O) groups excluding carboxylic acids is 2. The van der Waals surface area contributed by atoms with Crippen LogP contribution in [0.3, 0.4) is 0 Å². The predicted octanol–water partition coefficient (Wildman–Crippen LogP) is 6.25. The molecule has 4 heteroatoms. The second kappa shape index (κ2) is 12.4. The van der Waals surface area contributed by atoms with Gasteiger partial charge in [-0.3, -0.25) is 9.59 Å². The fourth-order valence-electron chi connectivity index (χ4n) is 4.80. The second-order valence-electron chi connectivity index (χ2n) is 9.96. The van der Waals surface area contributed by atoms with E-state index in [9.17, 15) is 9.59 Å². The second-order valence-corrected chi connectivity index (χ2v) is 9.96. The fourth-order valence-corrected chi connectivity index (χ4v) is 4.80. The molecular formula is C33H36N2O2. The molecule has 0 saturated carbocycles. The molecule has 2 amide bonds. The van der Waals surface area contributed by atoms with Gasteiger partial charge < -0.3 is 10.2 Å². The van der Waals surface area contributed by atoms with Crippen molar-refractivity contribution in [3.63, 3.8) is 0 Å². The highest BCUT2D eigenvalue weighted by molar-refractivity contribution is 5.89. The first kappa shape index (κ1) is 26.2. The number of hydrogen-bond donors (Lipinski definition) is 1. The van der Waals surface area contributed by atoms with Gasteiger partial charge in [-0.15, -0.1) is 0 Å². The maximum Gasteiger partial charge on any atom is 0.243 e. The van der Waals surface area contributed by atoms with E-state index in [4.69, 9.17) is 0 Å². The molecule has 37 heavy (non-hydrogen) atoms. The van der Waals surface area contributed by atoms with Crippen LogP contribution in [0.15, 0.2) is 97.1 Å². The monoisotopic (exact) mass is 492 g/mol. The summed E-state index contributed by atoms with van der Waals surface area (Å²) in [7, 11) is 0. The zero-order valence-electron chi connectivity index (χ0n) is 22.0. The Hall–Kier alpha value is -3.92. The molecule has 4 rings (SSSR count). The van der Waals surface area contributed by atoms with Gasteiger partial charge in [0.25, 0.3) is 0 Å². The minimum atomic E-state index is -0.607. The number of rotatable bonds is 10. The van der Waals surface area contributed by atoms with E-state index in [1.165, 1.54) is 10.8 Å². The molecule has 0 aliphatic carbocycles. The third-order valence-electron chi connectivity index (χ3n) is 6.79. The molecule has 0 fully saturated rings. The van der Waals surface area contributed by atoms with Crippen molar-refractivity contribution in [3.8, 4) is 0 Å². The van der Waals surface area contributed by atoms with Crippen LogP contribution < -0.4 is 5.32 Å². The van der Waals surface area contributed by atoms with Crippen molar-refractivity contribution < 1.29 is 9.59 Å². The highest BCUT2D eigenvalue weighted by Gasteiger charge is 2.30. The van der Waals surface area contributed by atoms with Gasteiger partial charge in [0.2, 0.25) is 11.8 Å². The summed E-state index contributed by atoms with van der Waals surface area (Å²) in [6, 6.07) is 31.9. The summed E-state index contributed by atoms with van der Waals surface area (Å²) in [5, 5.41) is 5.40. The van der Waals surface area contributed by atoms with Gasteiger partial charge in [0, 0.05) is 25.4 Å². The highest BCUT2D eigenvalue weighted by Crippen LogP contribution is 2.22. The van der Waals surface area contributed by atoms with Gasteiger partial charge >= 0.3 is 0 Å². The van der Waals surface area contributed by atoms with Crippen LogP contribution in [-0.4, -0.2) is 28.8 Å². The van der Waals surface area contributed by atoms with Crippen molar-refractivity contribution in [2.24, 2.45) is 0 Å². The predicted molar refractivity (Wildman–Crippen MR) is 151 cm³/mol. The number of nitrogens with one attached hydrogen (secondary N) is 1. The molecule has 190 valence electrons. The van der Waals surface area contributed by atoms with Gasteiger partial charge in [-0.2, -0.15) is 0 Å². The topological polar surface area (TPSA) is 49.4 Å². The molecule has 0 heterocycles. The zero-order chi connectivity index (χ0) is 26.2. The average molecular weight is 493 g/mol. The molecule has 4 aromatic carbocycles. The first-order valence-corrected chi connectivity index (χ1v) is 13.1. The van der Waals surface area contributed by atoms with Gasteiger partial charge in [0.05, 0.1) is 0 Å². The van der Waals surface area contributed by atoms with E-state index < -0.39 is 6.04 Å². The van der Waals surface area contributed by atoms with Crippen molar-refractivity contribution in [2.45, 2.75) is 58.7 Å². The molecule has 4 nitrogen and oxygen atoms in total. The molecule has 0 aliphatic heterocycles. The number of amides is 2. The van der Waals surface area contributed by atoms with Gasteiger partial charge in [-0.25, -0.2) is 0 Å². The van der Waals surface area contributed by atoms with Crippen LogP contribution in [0.4, 0.5) is 0 Å². The van der Waals surface area contributed by atoms with Crippen LogP contribution in [0.25, 0.3) is 10.8 Å². The normalized spacial score (nSPS) is 11.9. The fraction of sp³-hybridized carbons (Fsp3) is 0.273. The van der Waals surface area contributed by atoms with E-state index >= 15 is 0 Å². The molecule has 1 unspecified atom stereocenters. The zero-order valence-corrected chi connectivity index (χ0v) is 22.0. The minimum Gasteiger partial charge on any atom is -0.352 e. The van der Waals surface area contributed by atoms with Crippen molar-refractivity contribution >= 4 is 22.6 Å². The summed E-state index contributed by atoms with van der Waals surface area (Å²) >= 11 is 0. The van der Waals surface area contributed by atoms with Gasteiger partial charge in [0.1, 0.15) is 6.04 Å². The smallest absolute Gasteiger partial charge is 0.243 e. The number of benzene rings is 4. The summed E-state index contributed by atoms with van der Waals surface area (Å²) in [6.07, 6.45) is 1.42. The number of nitrogens with zero attached hydrogens (tertiary/aromatic N) is 1. The third kappa shape index (κ3) is 6.85. The van der Waals surface area contributed by atoms with Gasteiger partial charge in [-0.05, 0) is 60.2 Å². The Morgan fingerprint density at radius 1 is 0.784 bits per heavy atom. The average Bonchev–Trinajstić information content (AvgIpc) is 2.90. The first-order valence-electron chi connectivity index (χ1n) is 13.1. The molecule has 0 aliphatic rings. The van der Waals surface area contributed by atoms with Crippen LogP contribution in [0.1, 0.15) is 42.5 Å². The largest absolute Gasteiger partial charge is 0.352 e. The van der Waals surface area contributed by atoms with E-state index in [0.29, 0.717) is 25.8 Å². The summed E-state index contributed by atoms with van der Waals surface area (Å²) in [5.74, 6) is -0.137. The van der Waals surface area contributed by atoms with E-state index in [1.54, 1.807) is 4.90 Å². The summed E-state index contributed by atoms with van der Waals surface area (Å²) in [6.45, 7) is 6.34. The van der Waals surface area contributed by atoms with E-state index in [1.807, 2.05) is 80.6 Å². The van der Waals surface area contributed by atoms with Crippen LogP contribution in [0.5, 0.6) is 0 Å². The van der Waals surface area contributed by atoms with Crippen molar-refractivity contribution in [3.05, 3.63) is 119 Å². The molecular weight excluding hydrogens is 456 g/mol. The van der Waals surface area contributed by atoms with Crippen LogP contribution in [0, 0.1) is 6.92 Å². The summed E-state index contributed by atoms with van der Waals surface area (Å²) < 4.78 is 0. The quantitative estimate of drug-likeness (QED) is 0.285. The molecule has 0 bridgehead atoms. The number of carbonyl (C=O) groups is 2. The Labute approximate surface area is 220 Å². The Morgan fingerprint density at radius 2 is 1.43 bits per heavy atom. The van der Waals surface area contributed by atoms with Crippen molar-refractivity contribution in [2.75, 3.05) is 0 Å². The maximum atomic E-state index is 13.9. The lowest BCUT2D eigenvalue weighted by Crippen LogP contribution is -2.51. The number of aryl methyl sites for hydroxylation is 2. The van der Waals surface area contributed by atoms with Crippen molar-refractivity contribution in [1.29, 1.82) is 0 Å². The lowest BCUT2D eigenvalue weighted by Gasteiger charge is -2.32. The van der Waals surface area contributed by atoms with Crippen molar-refractivity contribution in [1.82, 2.24) is 10.2 Å². The molecule has 4 aromatic rings. The Balaban J connectivity index is 1.65. The number of hydrogen-bond acceptors (Lipinski definition) is 2. The lowest BCUT2D eigenvalue weighted by atomic mass is 9.98. The molecule has 0 aromatic heterocycles. The van der Waals surface area contributed by atoms with E-state index in [-0.39, 0.29) is 17.9 Å². The lowest BCUT2D eigenvalue weighted by molar-refractivity contribution is -0.141. The standard InChI is InChI=1S/C33H36N2O2/c1-24(2)34-33(37)31(22-26-13-5-4-6-14-26)35(23-29-16-8-7-12-25(29)3)32(36)21-20-28-18-11-17-27-15-9-10-19-30(27)28/h4-19,24,31H,20-23H2,1-3H3,(H,34,37). The van der Waals surface area contributed by atoms with Crippen LogP contribution in [0.2, 0.25) is 0 Å².